The van der Waals surface area contributed by atoms with Crippen molar-refractivity contribution in [3.8, 4) is 5.75 Å². The quantitative estimate of drug-likeness (QED) is 0.895. The predicted octanol–water partition coefficient (Wildman–Crippen LogP) is 4.54. The van der Waals surface area contributed by atoms with Crippen LogP contribution in [0.25, 0.3) is 0 Å². The van der Waals surface area contributed by atoms with Crippen LogP contribution in [0.3, 0.4) is 0 Å². The molecule has 2 aromatic carbocycles. The highest BCUT2D eigenvalue weighted by atomic mass is 35.5. The van der Waals surface area contributed by atoms with Gasteiger partial charge in [-0.1, -0.05) is 35.3 Å². The standard InChI is InChI=1S/C15H12Cl2FNO2/c1-9(21-14-5-3-2-4-12(14)18)15(20)19-13-7-6-10(16)8-11(13)17/h2-9H,1H3,(H,19,20)/t9-/m1/s1. The van der Waals surface area contributed by atoms with Crippen LogP contribution in [0.1, 0.15) is 6.92 Å². The predicted molar refractivity (Wildman–Crippen MR) is 81.6 cm³/mol. The third-order valence-corrected chi connectivity index (χ3v) is 3.25. The molecule has 0 fully saturated rings. The van der Waals surface area contributed by atoms with Crippen molar-refractivity contribution in [2.24, 2.45) is 0 Å². The Morgan fingerprint density at radius 3 is 2.62 bits per heavy atom. The Balaban J connectivity index is 2.04. The lowest BCUT2D eigenvalue weighted by atomic mass is 10.3. The zero-order chi connectivity index (χ0) is 15.4. The van der Waals surface area contributed by atoms with Gasteiger partial charge < -0.3 is 10.1 Å². The maximum Gasteiger partial charge on any atom is 0.265 e. The van der Waals surface area contributed by atoms with Crippen molar-refractivity contribution in [1.82, 2.24) is 0 Å². The lowest BCUT2D eigenvalue weighted by molar-refractivity contribution is -0.122. The average molecular weight is 328 g/mol. The Morgan fingerprint density at radius 2 is 1.95 bits per heavy atom. The van der Waals surface area contributed by atoms with E-state index in [1.165, 1.54) is 25.1 Å². The van der Waals surface area contributed by atoms with Crippen molar-refractivity contribution in [3.05, 3.63) is 58.3 Å². The molecule has 0 saturated heterocycles. The van der Waals surface area contributed by atoms with Gasteiger partial charge in [0.2, 0.25) is 0 Å². The van der Waals surface area contributed by atoms with Gasteiger partial charge in [0.05, 0.1) is 10.7 Å². The van der Waals surface area contributed by atoms with Crippen LogP contribution in [0.15, 0.2) is 42.5 Å². The molecule has 0 saturated carbocycles. The number of ether oxygens (including phenoxy) is 1. The second-order valence-electron chi connectivity index (χ2n) is 4.30. The van der Waals surface area contributed by atoms with Crippen LogP contribution in [-0.2, 0) is 4.79 Å². The number of benzene rings is 2. The number of para-hydroxylation sites is 1. The van der Waals surface area contributed by atoms with Crippen LogP contribution in [-0.4, -0.2) is 12.0 Å². The van der Waals surface area contributed by atoms with Gasteiger partial charge in [-0.15, -0.1) is 0 Å². The van der Waals surface area contributed by atoms with Gasteiger partial charge in [0, 0.05) is 5.02 Å². The first-order valence-electron chi connectivity index (χ1n) is 6.14. The average Bonchev–Trinajstić information content (AvgIpc) is 2.44. The van der Waals surface area contributed by atoms with Crippen molar-refractivity contribution >= 4 is 34.8 Å². The molecule has 0 spiro atoms. The van der Waals surface area contributed by atoms with Crippen LogP contribution in [0.5, 0.6) is 5.75 Å². The van der Waals surface area contributed by atoms with E-state index < -0.39 is 17.8 Å². The zero-order valence-electron chi connectivity index (χ0n) is 11.1. The highest BCUT2D eigenvalue weighted by Crippen LogP contribution is 2.25. The number of amides is 1. The Bertz CT molecular complexity index is 664. The van der Waals surface area contributed by atoms with Crippen molar-refractivity contribution in [2.45, 2.75) is 13.0 Å². The number of hydrogen-bond donors (Lipinski definition) is 1. The number of anilines is 1. The maximum atomic E-state index is 13.5. The van der Waals surface area contributed by atoms with Crippen molar-refractivity contribution in [2.75, 3.05) is 5.32 Å². The SMILES string of the molecule is C[C@@H](Oc1ccccc1F)C(=O)Nc1ccc(Cl)cc1Cl. The molecule has 110 valence electrons. The van der Waals surface area contributed by atoms with Gasteiger partial charge in [0.15, 0.2) is 17.7 Å². The number of nitrogens with one attached hydrogen (secondary N) is 1. The fraction of sp³-hybridized carbons (Fsp3) is 0.133. The molecule has 1 amide bonds. The molecule has 2 rings (SSSR count). The molecule has 0 bridgehead atoms. The van der Waals surface area contributed by atoms with Crippen LogP contribution >= 0.6 is 23.2 Å². The largest absolute Gasteiger partial charge is 0.478 e. The first-order chi connectivity index (χ1) is 9.97. The van der Waals surface area contributed by atoms with Gasteiger partial charge in [-0.3, -0.25) is 4.79 Å². The van der Waals surface area contributed by atoms with E-state index in [0.29, 0.717) is 15.7 Å². The van der Waals surface area contributed by atoms with Crippen LogP contribution in [0.2, 0.25) is 10.0 Å². The molecule has 0 heterocycles. The minimum atomic E-state index is -0.881. The van der Waals surface area contributed by atoms with E-state index in [-0.39, 0.29) is 5.75 Å². The molecular formula is C15H12Cl2FNO2. The summed E-state index contributed by atoms with van der Waals surface area (Å²) in [5, 5.41) is 3.38. The minimum absolute atomic E-state index is 0.0161. The smallest absolute Gasteiger partial charge is 0.265 e. The fourth-order valence-electron chi connectivity index (χ4n) is 1.61. The van der Waals surface area contributed by atoms with Gasteiger partial charge in [0.25, 0.3) is 5.91 Å². The summed E-state index contributed by atoms with van der Waals surface area (Å²) in [6, 6.07) is 10.6. The Morgan fingerprint density at radius 1 is 1.24 bits per heavy atom. The Labute approximate surface area is 131 Å². The lowest BCUT2D eigenvalue weighted by Gasteiger charge is -2.15. The van der Waals surface area contributed by atoms with Gasteiger partial charge in [0.1, 0.15) is 0 Å². The highest BCUT2D eigenvalue weighted by Gasteiger charge is 2.17. The molecule has 0 unspecified atom stereocenters. The van der Waals surface area contributed by atoms with E-state index in [0.717, 1.165) is 0 Å². The summed E-state index contributed by atoms with van der Waals surface area (Å²) in [5.74, 6) is -0.952. The second kappa shape index (κ2) is 6.78. The molecule has 0 aliphatic heterocycles. The van der Waals surface area contributed by atoms with Crippen molar-refractivity contribution in [1.29, 1.82) is 0 Å². The lowest BCUT2D eigenvalue weighted by Crippen LogP contribution is -2.30. The van der Waals surface area contributed by atoms with Crippen LogP contribution in [0, 0.1) is 5.82 Å². The fourth-order valence-corrected chi connectivity index (χ4v) is 2.07. The molecule has 6 heteroatoms. The van der Waals surface area contributed by atoms with E-state index >= 15 is 0 Å². The van der Waals surface area contributed by atoms with Crippen molar-refractivity contribution < 1.29 is 13.9 Å². The number of halogens is 3. The molecule has 21 heavy (non-hydrogen) atoms. The molecule has 0 aliphatic carbocycles. The molecule has 2 aromatic rings. The van der Waals surface area contributed by atoms with E-state index in [1.54, 1.807) is 24.3 Å². The monoisotopic (exact) mass is 327 g/mol. The summed E-state index contributed by atoms with van der Waals surface area (Å²) < 4.78 is 18.7. The molecule has 0 aromatic heterocycles. The Kier molecular flexibility index (Phi) is 5.04. The molecule has 0 radical (unpaired) electrons. The maximum absolute atomic E-state index is 13.5. The Hall–Kier alpha value is -1.78. The topological polar surface area (TPSA) is 38.3 Å². The molecular weight excluding hydrogens is 316 g/mol. The molecule has 1 N–H and O–H groups in total. The minimum Gasteiger partial charge on any atom is -0.478 e. The van der Waals surface area contributed by atoms with Crippen LogP contribution in [0.4, 0.5) is 10.1 Å². The molecule has 0 aliphatic rings. The third-order valence-electron chi connectivity index (χ3n) is 2.70. The first-order valence-corrected chi connectivity index (χ1v) is 6.90. The van der Waals surface area contributed by atoms with Gasteiger partial charge in [-0.2, -0.15) is 0 Å². The normalized spacial score (nSPS) is 11.8. The van der Waals surface area contributed by atoms with Gasteiger partial charge >= 0.3 is 0 Å². The summed E-state index contributed by atoms with van der Waals surface area (Å²) in [6.45, 7) is 1.52. The summed E-state index contributed by atoms with van der Waals surface area (Å²) in [4.78, 5) is 12.0. The third kappa shape index (κ3) is 4.09. The molecule has 1 atom stereocenters. The van der Waals surface area contributed by atoms with E-state index in [9.17, 15) is 9.18 Å². The number of carbonyl (C=O) groups is 1. The van der Waals surface area contributed by atoms with E-state index in [4.69, 9.17) is 27.9 Å². The van der Waals surface area contributed by atoms with Crippen LogP contribution < -0.4 is 10.1 Å². The number of rotatable bonds is 4. The number of hydrogen-bond acceptors (Lipinski definition) is 2. The second-order valence-corrected chi connectivity index (χ2v) is 5.15. The van der Waals surface area contributed by atoms with Crippen molar-refractivity contribution in [3.63, 3.8) is 0 Å². The van der Waals surface area contributed by atoms with E-state index in [1.807, 2.05) is 0 Å². The van der Waals surface area contributed by atoms with E-state index in [2.05, 4.69) is 5.32 Å². The molecule has 3 nitrogen and oxygen atoms in total. The summed E-state index contributed by atoms with van der Waals surface area (Å²) in [7, 11) is 0. The number of carbonyl (C=O) groups excluding carboxylic acids is 1. The zero-order valence-corrected chi connectivity index (χ0v) is 12.6. The highest BCUT2D eigenvalue weighted by molar-refractivity contribution is 6.36. The first kappa shape index (κ1) is 15.6. The van der Waals surface area contributed by atoms with Gasteiger partial charge in [-0.25, -0.2) is 4.39 Å². The van der Waals surface area contributed by atoms with Gasteiger partial charge in [-0.05, 0) is 37.3 Å². The summed E-state index contributed by atoms with van der Waals surface area (Å²) >= 11 is 11.7. The summed E-state index contributed by atoms with van der Waals surface area (Å²) in [6.07, 6.45) is -0.881. The summed E-state index contributed by atoms with van der Waals surface area (Å²) in [5.41, 5.74) is 0.412.